The van der Waals surface area contributed by atoms with Crippen molar-refractivity contribution in [2.45, 2.75) is 76.7 Å². The summed E-state index contributed by atoms with van der Waals surface area (Å²) in [4.78, 5) is 19.1. The van der Waals surface area contributed by atoms with Crippen LogP contribution in [0.15, 0.2) is 42.6 Å². The van der Waals surface area contributed by atoms with Gasteiger partial charge in [-0.3, -0.25) is 9.78 Å². The second kappa shape index (κ2) is 14.6. The molecule has 46 heavy (non-hydrogen) atoms. The number of nitrogens with zero attached hydrogens (tertiary/aromatic N) is 4. The number of anilines is 1. The van der Waals surface area contributed by atoms with Gasteiger partial charge in [-0.1, -0.05) is 12.0 Å². The number of piperidine rings is 1. The summed E-state index contributed by atoms with van der Waals surface area (Å²) in [5.41, 5.74) is 2.40. The minimum atomic E-state index is -4.40. The Balaban J connectivity index is 1.18. The van der Waals surface area contributed by atoms with Crippen LogP contribution in [0.3, 0.4) is 0 Å². The van der Waals surface area contributed by atoms with Gasteiger partial charge in [0, 0.05) is 56.2 Å². The molecule has 8 nitrogen and oxygen atoms in total. The lowest BCUT2D eigenvalue weighted by Crippen LogP contribution is -2.45. The number of likely N-dealkylation sites (tertiary alicyclic amines) is 1. The topological polar surface area (TPSA) is 95.2 Å². The molecule has 0 unspecified atom stereocenters. The highest BCUT2D eigenvalue weighted by Crippen LogP contribution is 2.27. The second-order valence-electron chi connectivity index (χ2n) is 12.7. The van der Waals surface area contributed by atoms with Crippen molar-refractivity contribution >= 4 is 22.5 Å². The van der Waals surface area contributed by atoms with E-state index in [0.29, 0.717) is 46.9 Å². The summed E-state index contributed by atoms with van der Waals surface area (Å²) in [6.45, 7) is 6.21. The Morgan fingerprint density at radius 1 is 1.09 bits per heavy atom. The molecule has 0 bridgehead atoms. The first-order valence-electron chi connectivity index (χ1n) is 15.9. The van der Waals surface area contributed by atoms with Gasteiger partial charge in [0.05, 0.1) is 41.3 Å². The summed E-state index contributed by atoms with van der Waals surface area (Å²) in [5.74, 6) is 6.51. The van der Waals surface area contributed by atoms with Gasteiger partial charge >= 0.3 is 6.18 Å². The molecule has 2 N–H and O–H groups in total. The van der Waals surface area contributed by atoms with Gasteiger partial charge in [-0.2, -0.15) is 18.4 Å². The Kier molecular flexibility index (Phi) is 10.6. The maximum atomic E-state index is 13.5. The van der Waals surface area contributed by atoms with E-state index in [4.69, 9.17) is 4.74 Å². The van der Waals surface area contributed by atoms with Crippen LogP contribution in [-0.4, -0.2) is 65.4 Å². The predicted molar refractivity (Wildman–Crippen MR) is 171 cm³/mol. The second-order valence-corrected chi connectivity index (χ2v) is 12.7. The number of amides is 1. The molecule has 2 aliphatic heterocycles. The van der Waals surface area contributed by atoms with Crippen molar-refractivity contribution < 1.29 is 22.7 Å². The standard InChI is InChI=1S/C35H41F3N6O2/c1-34(2,23-39)32-8-6-29(22-42-32)40-13-3-4-30-20-27-18-26(5-7-31(27)44(30)24-35(36,37)38)21-41-28-9-14-43(15-10-28)33(45)19-25-11-16-46-17-12-25/h5-8,18,20,22,25,28,40-41H,9-17,19,21,24H2,1-2H3. The van der Waals surface area contributed by atoms with Crippen LogP contribution >= 0.6 is 0 Å². The van der Waals surface area contributed by atoms with Gasteiger partial charge in [-0.25, -0.2) is 0 Å². The minimum Gasteiger partial charge on any atom is -0.381 e. The quantitative estimate of drug-likeness (QED) is 0.291. The molecule has 0 radical (unpaired) electrons. The molecule has 0 saturated carbocycles. The molecule has 0 aliphatic carbocycles. The van der Waals surface area contributed by atoms with E-state index in [2.05, 4.69) is 33.5 Å². The van der Waals surface area contributed by atoms with Gasteiger partial charge in [0.1, 0.15) is 6.54 Å². The highest BCUT2D eigenvalue weighted by atomic mass is 19.4. The van der Waals surface area contributed by atoms with E-state index in [1.165, 1.54) is 4.57 Å². The summed E-state index contributed by atoms with van der Waals surface area (Å²) in [6.07, 6.45) is 1.47. The number of alkyl halides is 3. The SMILES string of the molecule is CC(C)(C#N)c1ccc(NCC#Cc2cc3cc(CNC4CCN(C(=O)CC5CCOCC5)CC4)ccc3n2CC(F)(F)F)cn1. The smallest absolute Gasteiger partial charge is 0.381 e. The summed E-state index contributed by atoms with van der Waals surface area (Å²) in [7, 11) is 0. The molecule has 5 rings (SSSR count). The Morgan fingerprint density at radius 3 is 2.52 bits per heavy atom. The summed E-state index contributed by atoms with van der Waals surface area (Å²) < 4.78 is 47.2. The van der Waals surface area contributed by atoms with Gasteiger partial charge in [-0.05, 0) is 87.3 Å². The summed E-state index contributed by atoms with van der Waals surface area (Å²) in [6, 6.07) is 13.3. The highest BCUT2D eigenvalue weighted by Gasteiger charge is 2.30. The first kappa shape index (κ1) is 33.3. The number of benzene rings is 1. The number of nitrogens with one attached hydrogen (secondary N) is 2. The maximum Gasteiger partial charge on any atom is 0.406 e. The molecule has 2 saturated heterocycles. The fourth-order valence-corrected chi connectivity index (χ4v) is 6.01. The number of carbonyl (C=O) groups is 1. The first-order valence-corrected chi connectivity index (χ1v) is 15.9. The van der Waals surface area contributed by atoms with Gasteiger partial charge in [0.15, 0.2) is 0 Å². The van der Waals surface area contributed by atoms with Crippen molar-refractivity contribution in [3.63, 3.8) is 0 Å². The fourth-order valence-electron chi connectivity index (χ4n) is 6.01. The molecule has 1 aromatic carbocycles. The third kappa shape index (κ3) is 8.80. The van der Waals surface area contributed by atoms with Gasteiger partial charge in [-0.15, -0.1) is 0 Å². The van der Waals surface area contributed by atoms with Crippen molar-refractivity contribution in [2.24, 2.45) is 5.92 Å². The van der Waals surface area contributed by atoms with Crippen LogP contribution in [-0.2, 0) is 28.0 Å². The number of hydrogen-bond acceptors (Lipinski definition) is 6. The number of hydrogen-bond donors (Lipinski definition) is 2. The van der Waals surface area contributed by atoms with E-state index < -0.39 is 18.1 Å². The molecule has 2 aromatic heterocycles. The van der Waals surface area contributed by atoms with E-state index in [9.17, 15) is 23.2 Å². The first-order chi connectivity index (χ1) is 22.0. The van der Waals surface area contributed by atoms with Crippen LogP contribution in [0.25, 0.3) is 10.9 Å². The molecular formula is C35H41F3N6O2. The monoisotopic (exact) mass is 634 g/mol. The Hall–Kier alpha value is -4.06. The number of halogens is 3. The van der Waals surface area contributed by atoms with Crippen molar-refractivity contribution in [3.8, 4) is 17.9 Å². The average molecular weight is 635 g/mol. The van der Waals surface area contributed by atoms with E-state index in [-0.39, 0.29) is 18.5 Å². The third-order valence-corrected chi connectivity index (χ3v) is 8.83. The number of nitriles is 1. The van der Waals surface area contributed by atoms with Crippen LogP contribution in [0.2, 0.25) is 0 Å². The zero-order valence-electron chi connectivity index (χ0n) is 26.4. The molecular weight excluding hydrogens is 593 g/mol. The minimum absolute atomic E-state index is 0.214. The zero-order valence-corrected chi connectivity index (χ0v) is 26.4. The molecule has 1 amide bonds. The normalized spacial score (nSPS) is 16.6. The lowest BCUT2D eigenvalue weighted by atomic mass is 9.91. The van der Waals surface area contributed by atoms with E-state index in [0.717, 1.165) is 57.6 Å². The van der Waals surface area contributed by atoms with Crippen molar-refractivity contribution in [2.75, 3.05) is 38.2 Å². The van der Waals surface area contributed by atoms with E-state index in [1.807, 2.05) is 17.0 Å². The van der Waals surface area contributed by atoms with Crippen LogP contribution in [0.5, 0.6) is 0 Å². The largest absolute Gasteiger partial charge is 0.406 e. The van der Waals surface area contributed by atoms with Crippen molar-refractivity contribution in [1.82, 2.24) is 19.8 Å². The molecule has 3 aromatic rings. The van der Waals surface area contributed by atoms with Crippen LogP contribution in [0, 0.1) is 29.1 Å². The molecule has 2 aliphatic rings. The molecule has 244 valence electrons. The van der Waals surface area contributed by atoms with Gasteiger partial charge < -0.3 is 24.8 Å². The summed E-state index contributed by atoms with van der Waals surface area (Å²) in [5, 5.41) is 16.7. The number of rotatable bonds is 9. The number of carbonyl (C=O) groups excluding carboxylic acids is 1. The molecule has 2 fully saturated rings. The number of ether oxygens (including phenoxy) is 1. The van der Waals surface area contributed by atoms with E-state index in [1.54, 1.807) is 44.3 Å². The van der Waals surface area contributed by atoms with Crippen molar-refractivity contribution in [3.05, 3.63) is 59.5 Å². The van der Waals surface area contributed by atoms with Gasteiger partial charge in [0.25, 0.3) is 0 Å². The Labute approximate surface area is 268 Å². The van der Waals surface area contributed by atoms with Crippen molar-refractivity contribution in [1.29, 1.82) is 5.26 Å². The highest BCUT2D eigenvalue weighted by molar-refractivity contribution is 5.83. The Bertz CT molecular complexity index is 1600. The average Bonchev–Trinajstić information content (AvgIpc) is 3.37. The molecule has 4 heterocycles. The molecule has 0 spiro atoms. The fraction of sp³-hybridized carbons (Fsp3) is 0.514. The van der Waals surface area contributed by atoms with E-state index >= 15 is 0 Å². The number of pyridine rings is 1. The van der Waals surface area contributed by atoms with Crippen LogP contribution in [0.4, 0.5) is 18.9 Å². The number of fused-ring (bicyclic) bond motifs is 1. The molecule has 0 atom stereocenters. The summed E-state index contributed by atoms with van der Waals surface area (Å²) >= 11 is 0. The lowest BCUT2D eigenvalue weighted by molar-refractivity contribution is -0.140. The number of aromatic nitrogens is 2. The molecule has 11 heteroatoms. The Morgan fingerprint density at radius 2 is 1.85 bits per heavy atom. The van der Waals surface area contributed by atoms with Gasteiger partial charge in [0.2, 0.25) is 5.91 Å². The lowest BCUT2D eigenvalue weighted by Gasteiger charge is -2.34. The predicted octanol–water partition coefficient (Wildman–Crippen LogP) is 5.76. The maximum absolute atomic E-state index is 13.5. The van der Waals surface area contributed by atoms with Crippen LogP contribution < -0.4 is 10.6 Å². The zero-order chi connectivity index (χ0) is 32.7. The third-order valence-electron chi connectivity index (χ3n) is 8.83. The van der Waals surface area contributed by atoms with Crippen LogP contribution in [0.1, 0.15) is 62.9 Å².